The number of benzene rings is 11. The summed E-state index contributed by atoms with van der Waals surface area (Å²) in [5.41, 5.74) is 21.6. The maximum Gasteiger partial charge on any atom is 0.0541 e. The molecule has 0 aliphatic rings. The van der Waals surface area contributed by atoms with Crippen molar-refractivity contribution in [2.24, 2.45) is 0 Å². The summed E-state index contributed by atoms with van der Waals surface area (Å²) >= 11 is 0. The monoisotopic (exact) mass is 864 g/mol. The summed E-state index contributed by atoms with van der Waals surface area (Å²) in [6.07, 6.45) is 0. The minimum absolute atomic E-state index is 1.14. The first kappa shape index (κ1) is 39.4. The number of hydrogen-bond acceptors (Lipinski definition) is 0. The summed E-state index contributed by atoms with van der Waals surface area (Å²) in [5.74, 6) is 0. The van der Waals surface area contributed by atoms with Crippen LogP contribution in [0.4, 0.5) is 0 Å². The van der Waals surface area contributed by atoms with Gasteiger partial charge in [-0.1, -0.05) is 194 Å². The summed E-state index contributed by atoms with van der Waals surface area (Å²) < 4.78 is 4.80. The number of aromatic nitrogens is 2. The van der Waals surface area contributed by atoms with Crippen molar-refractivity contribution in [3.63, 3.8) is 0 Å². The predicted molar refractivity (Wildman–Crippen MR) is 288 cm³/mol. The molecule has 0 aliphatic heterocycles. The highest BCUT2D eigenvalue weighted by atomic mass is 15.0. The smallest absolute Gasteiger partial charge is 0.0541 e. The molecule has 2 aromatic heterocycles. The van der Waals surface area contributed by atoms with Crippen LogP contribution >= 0.6 is 0 Å². The quantitative estimate of drug-likeness (QED) is 0.144. The van der Waals surface area contributed by atoms with Gasteiger partial charge in [-0.2, -0.15) is 0 Å². The minimum atomic E-state index is 1.14. The van der Waals surface area contributed by atoms with Crippen molar-refractivity contribution in [1.82, 2.24) is 9.13 Å². The fourth-order valence-corrected chi connectivity index (χ4v) is 10.5. The van der Waals surface area contributed by atoms with Gasteiger partial charge in [0, 0.05) is 32.9 Å². The average Bonchev–Trinajstić information content (AvgIpc) is 3.94. The molecule has 0 atom stereocenters. The summed E-state index contributed by atoms with van der Waals surface area (Å²) in [6, 6.07) is 97.3. The number of rotatable bonds is 8. The Bertz CT molecular complexity index is 4000. The van der Waals surface area contributed by atoms with E-state index in [-0.39, 0.29) is 0 Å². The SMILES string of the molecule is c1ccc(-c2ccccc2-c2cccc(-c3cccc(-c4ccc(-c5cccc(-n6c7ccccc7c7cc(-c8ccc9c(c8)c8ccccc8n9-c8ccccc8)ccc76)c5)cc4)c3)c2)cc1. The third kappa shape index (κ3) is 6.82. The summed E-state index contributed by atoms with van der Waals surface area (Å²) in [5, 5.41) is 5.00. The van der Waals surface area contributed by atoms with E-state index >= 15 is 0 Å². The van der Waals surface area contributed by atoms with Gasteiger partial charge in [0.2, 0.25) is 0 Å². The zero-order valence-electron chi connectivity index (χ0n) is 37.3. The van der Waals surface area contributed by atoms with E-state index in [1.165, 1.54) is 116 Å². The van der Waals surface area contributed by atoms with Gasteiger partial charge in [0.1, 0.15) is 0 Å². The highest BCUT2D eigenvalue weighted by Crippen LogP contribution is 2.40. The van der Waals surface area contributed by atoms with Crippen molar-refractivity contribution in [3.8, 4) is 78.1 Å². The third-order valence-electron chi connectivity index (χ3n) is 13.7. The second-order valence-corrected chi connectivity index (χ2v) is 17.7. The van der Waals surface area contributed by atoms with E-state index in [4.69, 9.17) is 0 Å². The van der Waals surface area contributed by atoms with Crippen LogP contribution in [0, 0.1) is 0 Å². The molecule has 13 aromatic rings. The molecule has 0 N–H and O–H groups in total. The molecule has 2 heteroatoms. The van der Waals surface area contributed by atoms with Crippen LogP contribution in [0.1, 0.15) is 0 Å². The molecule has 13 rings (SSSR count). The van der Waals surface area contributed by atoms with Crippen LogP contribution in [0.3, 0.4) is 0 Å². The average molecular weight is 865 g/mol. The van der Waals surface area contributed by atoms with Crippen molar-refractivity contribution >= 4 is 43.6 Å². The Labute approximate surface area is 395 Å². The minimum Gasteiger partial charge on any atom is -0.309 e. The first-order valence-electron chi connectivity index (χ1n) is 23.4. The molecule has 0 amide bonds. The molecule has 0 bridgehead atoms. The maximum atomic E-state index is 2.42. The standard InChI is InChI=1S/C66H44N2/c1-3-16-47(17-4-1)57-26-7-8-27-58(57)54-22-14-20-50(41-54)49-19-13-18-48(40-49)45-32-34-46(35-33-45)51-21-15-25-56(42-51)68-64-31-12-10-29-60(64)62-44-53(37-39-66(62)68)52-36-38-65-61(43-52)59-28-9-11-30-63(59)67(65)55-23-5-2-6-24-55/h1-44H. The van der Waals surface area contributed by atoms with Crippen molar-refractivity contribution in [2.75, 3.05) is 0 Å². The molecule has 2 heterocycles. The predicted octanol–water partition coefficient (Wildman–Crippen LogP) is 17.9. The van der Waals surface area contributed by atoms with Gasteiger partial charge >= 0.3 is 0 Å². The molecule has 0 radical (unpaired) electrons. The normalized spacial score (nSPS) is 11.5. The number of hydrogen-bond donors (Lipinski definition) is 0. The van der Waals surface area contributed by atoms with E-state index in [9.17, 15) is 0 Å². The highest BCUT2D eigenvalue weighted by Gasteiger charge is 2.17. The molecule has 318 valence electrons. The number of nitrogens with zero attached hydrogens (tertiary/aromatic N) is 2. The van der Waals surface area contributed by atoms with Gasteiger partial charge in [0.05, 0.1) is 22.1 Å². The van der Waals surface area contributed by atoms with Crippen LogP contribution < -0.4 is 0 Å². The lowest BCUT2D eigenvalue weighted by atomic mass is 9.92. The van der Waals surface area contributed by atoms with Crippen LogP contribution in [0.15, 0.2) is 267 Å². The van der Waals surface area contributed by atoms with Crippen LogP contribution in [0.2, 0.25) is 0 Å². The molecule has 0 saturated carbocycles. The van der Waals surface area contributed by atoms with Gasteiger partial charge < -0.3 is 9.13 Å². The number of para-hydroxylation sites is 3. The Morgan fingerprint density at radius 1 is 0.176 bits per heavy atom. The molecular formula is C66H44N2. The zero-order chi connectivity index (χ0) is 45.0. The Kier molecular flexibility index (Phi) is 9.54. The first-order valence-corrected chi connectivity index (χ1v) is 23.4. The van der Waals surface area contributed by atoms with Crippen molar-refractivity contribution in [1.29, 1.82) is 0 Å². The van der Waals surface area contributed by atoms with E-state index in [2.05, 4.69) is 276 Å². The van der Waals surface area contributed by atoms with Gasteiger partial charge in [0.15, 0.2) is 0 Å². The van der Waals surface area contributed by atoms with Crippen LogP contribution in [0.5, 0.6) is 0 Å². The molecule has 0 fully saturated rings. The molecule has 0 aliphatic carbocycles. The third-order valence-corrected chi connectivity index (χ3v) is 13.7. The lowest BCUT2D eigenvalue weighted by molar-refractivity contribution is 1.18. The molecule has 0 spiro atoms. The molecule has 11 aromatic carbocycles. The van der Waals surface area contributed by atoms with Gasteiger partial charge in [-0.3, -0.25) is 0 Å². The highest BCUT2D eigenvalue weighted by molar-refractivity contribution is 6.12. The van der Waals surface area contributed by atoms with Crippen LogP contribution in [0.25, 0.3) is 122 Å². The summed E-state index contributed by atoms with van der Waals surface area (Å²) in [6.45, 7) is 0. The summed E-state index contributed by atoms with van der Waals surface area (Å²) in [4.78, 5) is 0. The fraction of sp³-hybridized carbons (Fsp3) is 0. The van der Waals surface area contributed by atoms with E-state index in [0.717, 1.165) is 5.69 Å². The Morgan fingerprint density at radius 2 is 0.529 bits per heavy atom. The van der Waals surface area contributed by atoms with Crippen LogP contribution in [-0.2, 0) is 0 Å². The molecular weight excluding hydrogens is 821 g/mol. The second-order valence-electron chi connectivity index (χ2n) is 17.7. The lowest BCUT2D eigenvalue weighted by Crippen LogP contribution is -1.94. The van der Waals surface area contributed by atoms with E-state index in [0.29, 0.717) is 0 Å². The fourth-order valence-electron chi connectivity index (χ4n) is 10.5. The Morgan fingerprint density at radius 3 is 1.12 bits per heavy atom. The van der Waals surface area contributed by atoms with E-state index in [1.54, 1.807) is 0 Å². The molecule has 0 saturated heterocycles. The zero-order valence-corrected chi connectivity index (χ0v) is 37.3. The van der Waals surface area contributed by atoms with E-state index in [1.807, 2.05) is 0 Å². The van der Waals surface area contributed by atoms with Gasteiger partial charge in [-0.25, -0.2) is 0 Å². The maximum absolute atomic E-state index is 2.42. The number of fused-ring (bicyclic) bond motifs is 6. The molecule has 2 nitrogen and oxygen atoms in total. The topological polar surface area (TPSA) is 9.86 Å². The Balaban J connectivity index is 0.815. The van der Waals surface area contributed by atoms with Gasteiger partial charge in [0.25, 0.3) is 0 Å². The van der Waals surface area contributed by atoms with Gasteiger partial charge in [-0.05, 0) is 140 Å². The lowest BCUT2D eigenvalue weighted by Gasteiger charge is -2.13. The van der Waals surface area contributed by atoms with Crippen molar-refractivity contribution in [3.05, 3.63) is 267 Å². The van der Waals surface area contributed by atoms with Crippen molar-refractivity contribution < 1.29 is 0 Å². The van der Waals surface area contributed by atoms with Crippen molar-refractivity contribution in [2.45, 2.75) is 0 Å². The van der Waals surface area contributed by atoms with E-state index < -0.39 is 0 Å². The van der Waals surface area contributed by atoms with Crippen LogP contribution in [-0.4, -0.2) is 9.13 Å². The molecule has 0 unspecified atom stereocenters. The summed E-state index contributed by atoms with van der Waals surface area (Å²) in [7, 11) is 0. The first-order chi connectivity index (χ1) is 33.7. The largest absolute Gasteiger partial charge is 0.309 e. The molecule has 68 heavy (non-hydrogen) atoms. The second kappa shape index (κ2) is 16.5. The Hall–Kier alpha value is -8.98. The van der Waals surface area contributed by atoms with Gasteiger partial charge in [-0.15, -0.1) is 0 Å².